The molecule has 0 bridgehead atoms. The Labute approximate surface area is 142 Å². The number of piperidine rings is 1. The lowest BCUT2D eigenvalue weighted by Gasteiger charge is -2.33. The van der Waals surface area contributed by atoms with Crippen LogP contribution in [0.3, 0.4) is 0 Å². The first kappa shape index (κ1) is 16.4. The van der Waals surface area contributed by atoms with Crippen LogP contribution >= 0.6 is 0 Å². The number of aromatic nitrogens is 2. The van der Waals surface area contributed by atoms with E-state index < -0.39 is 0 Å². The number of aryl methyl sites for hydroxylation is 1. The summed E-state index contributed by atoms with van der Waals surface area (Å²) in [6.45, 7) is 3.78. The van der Waals surface area contributed by atoms with Crippen molar-refractivity contribution >= 4 is 5.82 Å². The summed E-state index contributed by atoms with van der Waals surface area (Å²) in [5.41, 5.74) is 0.983. The Balaban J connectivity index is 1.66. The Bertz CT molecular complexity index is 663. The number of para-hydroxylation sites is 1. The van der Waals surface area contributed by atoms with Gasteiger partial charge in [-0.1, -0.05) is 6.07 Å². The largest absolute Gasteiger partial charge is 0.493 e. The van der Waals surface area contributed by atoms with Gasteiger partial charge in [0.05, 0.1) is 14.2 Å². The number of nitrogens with zero attached hydrogens (tertiary/aromatic N) is 3. The highest BCUT2D eigenvalue weighted by atomic mass is 16.5. The molecule has 0 N–H and O–H groups in total. The van der Waals surface area contributed by atoms with Crippen molar-refractivity contribution in [2.45, 2.75) is 25.9 Å². The molecule has 1 aliphatic heterocycles. The number of hydrogen-bond acceptors (Lipinski definition) is 6. The molecule has 2 heterocycles. The number of ether oxygens (including phenoxy) is 3. The molecule has 0 unspecified atom stereocenters. The number of methoxy groups -OCH3 is 2. The molecule has 6 heteroatoms. The maximum absolute atomic E-state index is 6.20. The minimum atomic E-state index is 0.134. The summed E-state index contributed by atoms with van der Waals surface area (Å²) in [4.78, 5) is 10.8. The van der Waals surface area contributed by atoms with Crippen molar-refractivity contribution in [2.75, 3.05) is 32.2 Å². The lowest BCUT2D eigenvalue weighted by Crippen LogP contribution is -2.38. The third kappa shape index (κ3) is 3.53. The van der Waals surface area contributed by atoms with Gasteiger partial charge >= 0.3 is 0 Å². The second-order valence-electron chi connectivity index (χ2n) is 5.81. The van der Waals surface area contributed by atoms with Gasteiger partial charge in [0, 0.05) is 37.7 Å². The topological polar surface area (TPSA) is 56.7 Å². The first-order chi connectivity index (χ1) is 11.7. The van der Waals surface area contributed by atoms with Gasteiger partial charge in [0.25, 0.3) is 0 Å². The lowest BCUT2D eigenvalue weighted by molar-refractivity contribution is 0.158. The lowest BCUT2D eigenvalue weighted by atomic mass is 10.1. The normalized spacial score (nSPS) is 15.2. The van der Waals surface area contributed by atoms with Crippen LogP contribution in [0.5, 0.6) is 17.2 Å². The summed E-state index contributed by atoms with van der Waals surface area (Å²) in [6, 6.07) is 7.68. The molecule has 2 aromatic rings. The molecule has 0 aliphatic carbocycles. The van der Waals surface area contributed by atoms with Crippen LogP contribution in [-0.2, 0) is 0 Å². The second-order valence-corrected chi connectivity index (χ2v) is 5.81. The fraction of sp³-hybridized carbons (Fsp3) is 0.444. The zero-order valence-corrected chi connectivity index (χ0v) is 14.4. The van der Waals surface area contributed by atoms with E-state index in [1.54, 1.807) is 20.5 Å². The molecule has 0 saturated carbocycles. The monoisotopic (exact) mass is 329 g/mol. The van der Waals surface area contributed by atoms with Crippen molar-refractivity contribution in [3.8, 4) is 17.2 Å². The molecule has 128 valence electrons. The Morgan fingerprint density at radius 1 is 1.04 bits per heavy atom. The summed E-state index contributed by atoms with van der Waals surface area (Å²) >= 11 is 0. The highest BCUT2D eigenvalue weighted by Gasteiger charge is 2.24. The van der Waals surface area contributed by atoms with Crippen molar-refractivity contribution in [3.63, 3.8) is 0 Å². The SMILES string of the molecule is COc1cccc(OC)c1OC1CCN(c2cc(C)ncn2)CC1. The quantitative estimate of drug-likeness (QED) is 0.841. The van der Waals surface area contributed by atoms with E-state index in [2.05, 4.69) is 14.9 Å². The van der Waals surface area contributed by atoms with Crippen LogP contribution < -0.4 is 19.1 Å². The van der Waals surface area contributed by atoms with Crippen LogP contribution in [0.15, 0.2) is 30.6 Å². The maximum Gasteiger partial charge on any atom is 0.203 e. The van der Waals surface area contributed by atoms with Gasteiger partial charge in [-0.2, -0.15) is 0 Å². The van der Waals surface area contributed by atoms with Gasteiger partial charge in [0.1, 0.15) is 18.2 Å². The predicted molar refractivity (Wildman–Crippen MR) is 92.2 cm³/mol. The van der Waals surface area contributed by atoms with Crippen LogP contribution in [0.4, 0.5) is 5.82 Å². The molecule has 1 aliphatic rings. The van der Waals surface area contributed by atoms with Crippen LogP contribution in [0.25, 0.3) is 0 Å². The predicted octanol–water partition coefficient (Wildman–Crippen LogP) is 2.85. The summed E-state index contributed by atoms with van der Waals surface area (Å²) in [7, 11) is 3.28. The number of benzene rings is 1. The van der Waals surface area contributed by atoms with Crippen molar-refractivity contribution in [1.82, 2.24) is 9.97 Å². The van der Waals surface area contributed by atoms with Gasteiger partial charge in [0.2, 0.25) is 5.75 Å². The van der Waals surface area contributed by atoms with Gasteiger partial charge in [0.15, 0.2) is 11.5 Å². The van der Waals surface area contributed by atoms with Crippen molar-refractivity contribution in [3.05, 3.63) is 36.3 Å². The maximum atomic E-state index is 6.20. The summed E-state index contributed by atoms with van der Waals surface area (Å²) in [5, 5.41) is 0. The van der Waals surface area contributed by atoms with Crippen LogP contribution in [0, 0.1) is 6.92 Å². The van der Waals surface area contributed by atoms with Crippen molar-refractivity contribution in [2.24, 2.45) is 0 Å². The first-order valence-corrected chi connectivity index (χ1v) is 8.12. The van der Waals surface area contributed by atoms with Crippen molar-refractivity contribution < 1.29 is 14.2 Å². The van der Waals surface area contributed by atoms with E-state index in [9.17, 15) is 0 Å². The molecule has 1 aromatic carbocycles. The third-order valence-corrected chi connectivity index (χ3v) is 4.22. The van der Waals surface area contributed by atoms with E-state index in [-0.39, 0.29) is 6.10 Å². The molecule has 1 saturated heterocycles. The molecule has 24 heavy (non-hydrogen) atoms. The second kappa shape index (κ2) is 7.38. The molecule has 0 radical (unpaired) electrons. The number of rotatable bonds is 5. The minimum absolute atomic E-state index is 0.134. The standard InChI is InChI=1S/C18H23N3O3/c1-13-11-17(20-12-19-13)21-9-7-14(8-10-21)24-18-15(22-2)5-4-6-16(18)23-3/h4-6,11-12,14H,7-10H2,1-3H3. The molecule has 6 nitrogen and oxygen atoms in total. The average molecular weight is 329 g/mol. The zero-order valence-electron chi connectivity index (χ0n) is 14.4. The Morgan fingerprint density at radius 3 is 2.29 bits per heavy atom. The number of hydrogen-bond donors (Lipinski definition) is 0. The minimum Gasteiger partial charge on any atom is -0.493 e. The average Bonchev–Trinajstić information content (AvgIpc) is 2.62. The van der Waals surface area contributed by atoms with E-state index in [0.29, 0.717) is 17.2 Å². The Hall–Kier alpha value is -2.50. The Morgan fingerprint density at radius 2 is 1.71 bits per heavy atom. The third-order valence-electron chi connectivity index (χ3n) is 4.22. The summed E-state index contributed by atoms with van der Waals surface area (Å²) < 4.78 is 17.0. The van der Waals surface area contributed by atoms with Crippen LogP contribution in [0.1, 0.15) is 18.5 Å². The van der Waals surface area contributed by atoms with Gasteiger partial charge in [-0.3, -0.25) is 0 Å². The first-order valence-electron chi connectivity index (χ1n) is 8.12. The molecular formula is C18H23N3O3. The van der Waals surface area contributed by atoms with Crippen molar-refractivity contribution in [1.29, 1.82) is 0 Å². The molecule has 1 aromatic heterocycles. The molecule has 0 atom stereocenters. The highest BCUT2D eigenvalue weighted by molar-refractivity contribution is 5.51. The van der Waals surface area contributed by atoms with E-state index in [4.69, 9.17) is 14.2 Å². The number of anilines is 1. The molecule has 0 amide bonds. The summed E-state index contributed by atoms with van der Waals surface area (Å²) in [5.74, 6) is 3.06. The van der Waals surface area contributed by atoms with Crippen LogP contribution in [0.2, 0.25) is 0 Å². The molecular weight excluding hydrogens is 306 g/mol. The molecule has 3 rings (SSSR count). The van der Waals surface area contributed by atoms with Crippen LogP contribution in [-0.4, -0.2) is 43.4 Å². The van der Waals surface area contributed by atoms with Gasteiger partial charge in [-0.25, -0.2) is 9.97 Å². The van der Waals surface area contributed by atoms with Gasteiger partial charge in [-0.05, 0) is 19.1 Å². The highest BCUT2D eigenvalue weighted by Crippen LogP contribution is 2.38. The van der Waals surface area contributed by atoms with E-state index in [1.165, 1.54) is 0 Å². The zero-order chi connectivity index (χ0) is 16.9. The summed E-state index contributed by atoms with van der Waals surface area (Å²) in [6.07, 6.45) is 3.59. The molecule has 1 fully saturated rings. The van der Waals surface area contributed by atoms with E-state index >= 15 is 0 Å². The smallest absolute Gasteiger partial charge is 0.203 e. The fourth-order valence-corrected chi connectivity index (χ4v) is 2.92. The van der Waals surface area contributed by atoms with E-state index in [1.807, 2.05) is 31.2 Å². The Kier molecular flexibility index (Phi) is 5.03. The van der Waals surface area contributed by atoms with E-state index in [0.717, 1.165) is 37.4 Å². The van der Waals surface area contributed by atoms with Gasteiger partial charge in [-0.15, -0.1) is 0 Å². The molecule has 0 spiro atoms. The fourth-order valence-electron chi connectivity index (χ4n) is 2.92. The van der Waals surface area contributed by atoms with Gasteiger partial charge < -0.3 is 19.1 Å².